The molecular weight excluding hydrogens is 480 g/mol. The Bertz CT molecular complexity index is 1140. The van der Waals surface area contributed by atoms with E-state index in [1.54, 1.807) is 11.7 Å². The molecule has 1 atom stereocenters. The molecule has 0 spiro atoms. The Hall–Kier alpha value is -2.31. The minimum absolute atomic E-state index is 0.359. The quantitative estimate of drug-likeness (QED) is 0.369. The standard InChI is InChI=1S/C27H33BrN2O3/c1-18-16-24(32-5)22(21-13-15-30(25(18)21)26(31)33-27(2,3)4)17-29-14-7-6-8-23(29)19-9-11-20(28)12-10-19/h9-13,15-16,23H,6-8,14,17H2,1-5H3/t23-/m0/s1. The number of carbonyl (C=O) groups is 1. The molecule has 2 heterocycles. The molecule has 176 valence electrons. The van der Waals surface area contributed by atoms with E-state index in [0.29, 0.717) is 6.04 Å². The molecule has 1 aliphatic rings. The van der Waals surface area contributed by atoms with Crippen molar-refractivity contribution in [1.82, 2.24) is 9.47 Å². The summed E-state index contributed by atoms with van der Waals surface area (Å²) in [5.41, 5.74) is 3.78. The van der Waals surface area contributed by atoms with Gasteiger partial charge in [0.15, 0.2) is 0 Å². The topological polar surface area (TPSA) is 43.7 Å². The van der Waals surface area contributed by atoms with Crippen molar-refractivity contribution in [3.8, 4) is 5.75 Å². The van der Waals surface area contributed by atoms with Crippen LogP contribution >= 0.6 is 15.9 Å². The summed E-state index contributed by atoms with van der Waals surface area (Å²) in [5.74, 6) is 0.863. The van der Waals surface area contributed by atoms with Gasteiger partial charge in [-0.2, -0.15) is 0 Å². The highest BCUT2D eigenvalue weighted by Crippen LogP contribution is 2.38. The van der Waals surface area contributed by atoms with Crippen molar-refractivity contribution in [2.24, 2.45) is 0 Å². The SMILES string of the molecule is COc1cc(C)c2c(ccn2C(=O)OC(C)(C)C)c1CN1CCCC[C@H]1c1ccc(Br)cc1. The molecule has 1 aromatic heterocycles. The lowest BCUT2D eigenvalue weighted by atomic mass is 9.94. The number of piperidine rings is 1. The number of rotatable bonds is 4. The van der Waals surface area contributed by atoms with Gasteiger partial charge in [0.05, 0.1) is 12.6 Å². The third kappa shape index (κ3) is 5.12. The molecule has 1 saturated heterocycles. The van der Waals surface area contributed by atoms with E-state index in [1.807, 2.05) is 46.0 Å². The summed E-state index contributed by atoms with van der Waals surface area (Å²) in [6.07, 6.45) is 5.01. The fourth-order valence-electron chi connectivity index (χ4n) is 4.82. The van der Waals surface area contributed by atoms with Crippen molar-refractivity contribution >= 4 is 32.9 Å². The Morgan fingerprint density at radius 1 is 1.15 bits per heavy atom. The van der Waals surface area contributed by atoms with Gasteiger partial charge in [-0.05, 0) is 82.5 Å². The summed E-state index contributed by atoms with van der Waals surface area (Å²) in [5, 5.41) is 1.04. The molecule has 5 nitrogen and oxygen atoms in total. The van der Waals surface area contributed by atoms with E-state index in [0.717, 1.165) is 51.8 Å². The highest BCUT2D eigenvalue weighted by Gasteiger charge is 2.27. The molecule has 2 aromatic carbocycles. The molecule has 0 radical (unpaired) electrons. The third-order valence-electron chi connectivity index (χ3n) is 6.27. The Balaban J connectivity index is 1.74. The van der Waals surface area contributed by atoms with Crippen molar-refractivity contribution in [2.45, 2.75) is 65.1 Å². The lowest BCUT2D eigenvalue weighted by Gasteiger charge is -2.36. The third-order valence-corrected chi connectivity index (χ3v) is 6.80. The first kappa shape index (κ1) is 23.8. The molecule has 0 amide bonds. The average Bonchev–Trinajstić information content (AvgIpc) is 3.21. The molecule has 3 aromatic rings. The van der Waals surface area contributed by atoms with E-state index in [9.17, 15) is 4.79 Å². The molecule has 0 N–H and O–H groups in total. The van der Waals surface area contributed by atoms with Crippen LogP contribution in [0, 0.1) is 6.92 Å². The number of hydrogen-bond donors (Lipinski definition) is 0. The van der Waals surface area contributed by atoms with Crippen LogP contribution in [0.5, 0.6) is 5.75 Å². The van der Waals surface area contributed by atoms with Crippen LogP contribution in [0.1, 0.15) is 62.8 Å². The van der Waals surface area contributed by atoms with E-state index in [-0.39, 0.29) is 6.09 Å². The van der Waals surface area contributed by atoms with Gasteiger partial charge >= 0.3 is 6.09 Å². The molecule has 1 fully saturated rings. The lowest BCUT2D eigenvalue weighted by molar-refractivity contribution is 0.0544. The summed E-state index contributed by atoms with van der Waals surface area (Å²) < 4.78 is 14.2. The van der Waals surface area contributed by atoms with Crippen molar-refractivity contribution < 1.29 is 14.3 Å². The number of fused-ring (bicyclic) bond motifs is 1. The summed E-state index contributed by atoms with van der Waals surface area (Å²) in [6, 6.07) is 13.1. The first-order valence-corrected chi connectivity index (χ1v) is 12.4. The second kappa shape index (κ2) is 9.51. The van der Waals surface area contributed by atoms with E-state index >= 15 is 0 Å². The number of benzene rings is 2. The Morgan fingerprint density at radius 3 is 2.55 bits per heavy atom. The fraction of sp³-hybridized carbons (Fsp3) is 0.444. The smallest absolute Gasteiger partial charge is 0.419 e. The van der Waals surface area contributed by atoms with Crippen molar-refractivity contribution in [3.05, 3.63) is 63.8 Å². The van der Waals surface area contributed by atoms with E-state index in [1.165, 1.54) is 18.4 Å². The predicted octanol–water partition coefficient (Wildman–Crippen LogP) is 7.23. The molecule has 1 aliphatic heterocycles. The lowest BCUT2D eigenvalue weighted by Crippen LogP contribution is -2.33. The zero-order valence-corrected chi connectivity index (χ0v) is 21.7. The first-order valence-electron chi connectivity index (χ1n) is 11.6. The number of likely N-dealkylation sites (tertiary alicyclic amines) is 1. The van der Waals surface area contributed by atoms with Gasteiger partial charge < -0.3 is 9.47 Å². The van der Waals surface area contributed by atoms with Crippen molar-refractivity contribution in [2.75, 3.05) is 13.7 Å². The highest BCUT2D eigenvalue weighted by molar-refractivity contribution is 9.10. The van der Waals surface area contributed by atoms with E-state index in [4.69, 9.17) is 9.47 Å². The van der Waals surface area contributed by atoms with Crippen LogP contribution in [0.3, 0.4) is 0 Å². The Kier molecular flexibility index (Phi) is 6.87. The van der Waals surface area contributed by atoms with Gasteiger partial charge in [-0.1, -0.05) is 34.5 Å². The van der Waals surface area contributed by atoms with Gasteiger partial charge in [-0.15, -0.1) is 0 Å². The van der Waals surface area contributed by atoms with Crippen LogP contribution in [-0.4, -0.2) is 34.8 Å². The van der Waals surface area contributed by atoms with Gasteiger partial charge in [-0.25, -0.2) is 4.79 Å². The number of carbonyl (C=O) groups excluding carboxylic acids is 1. The number of ether oxygens (including phenoxy) is 2. The second-order valence-electron chi connectivity index (χ2n) is 9.84. The maximum Gasteiger partial charge on any atom is 0.419 e. The van der Waals surface area contributed by atoms with Crippen LogP contribution in [0.15, 0.2) is 47.1 Å². The molecule has 0 aliphatic carbocycles. The van der Waals surface area contributed by atoms with Crippen LogP contribution in [0.2, 0.25) is 0 Å². The summed E-state index contributed by atoms with van der Waals surface area (Å²) in [6.45, 7) is 9.47. The number of aromatic nitrogens is 1. The van der Waals surface area contributed by atoms with Gasteiger partial charge in [0, 0.05) is 34.2 Å². The van der Waals surface area contributed by atoms with Gasteiger partial charge in [0.25, 0.3) is 0 Å². The number of hydrogen-bond acceptors (Lipinski definition) is 4. The normalized spacial score (nSPS) is 17.3. The molecule has 0 unspecified atom stereocenters. The molecular formula is C27H33BrN2O3. The molecule has 4 rings (SSSR count). The fourth-order valence-corrected chi connectivity index (χ4v) is 5.08. The van der Waals surface area contributed by atoms with Gasteiger partial charge in [0.2, 0.25) is 0 Å². The Labute approximate surface area is 204 Å². The van der Waals surface area contributed by atoms with Crippen molar-refractivity contribution in [1.29, 1.82) is 0 Å². The highest BCUT2D eigenvalue weighted by atomic mass is 79.9. The first-order chi connectivity index (χ1) is 15.7. The summed E-state index contributed by atoms with van der Waals surface area (Å²) >= 11 is 3.55. The summed E-state index contributed by atoms with van der Waals surface area (Å²) in [7, 11) is 1.72. The molecule has 0 bridgehead atoms. The molecule has 33 heavy (non-hydrogen) atoms. The molecule has 0 saturated carbocycles. The largest absolute Gasteiger partial charge is 0.496 e. The van der Waals surface area contributed by atoms with Crippen LogP contribution in [-0.2, 0) is 11.3 Å². The monoisotopic (exact) mass is 512 g/mol. The number of halogens is 1. The summed E-state index contributed by atoms with van der Waals surface area (Å²) in [4.78, 5) is 15.4. The van der Waals surface area contributed by atoms with E-state index < -0.39 is 5.60 Å². The van der Waals surface area contributed by atoms with Gasteiger partial charge in [-0.3, -0.25) is 9.47 Å². The average molecular weight is 513 g/mol. The minimum Gasteiger partial charge on any atom is -0.496 e. The molecule has 6 heteroatoms. The van der Waals surface area contributed by atoms with Crippen LogP contribution in [0.4, 0.5) is 4.79 Å². The number of methoxy groups -OCH3 is 1. The zero-order valence-electron chi connectivity index (χ0n) is 20.2. The van der Waals surface area contributed by atoms with Crippen LogP contribution in [0.25, 0.3) is 10.9 Å². The maximum atomic E-state index is 12.9. The maximum absolute atomic E-state index is 12.9. The van der Waals surface area contributed by atoms with E-state index in [2.05, 4.69) is 45.1 Å². The minimum atomic E-state index is -0.553. The Morgan fingerprint density at radius 2 is 1.88 bits per heavy atom. The second-order valence-corrected chi connectivity index (χ2v) is 10.8. The predicted molar refractivity (Wildman–Crippen MR) is 136 cm³/mol. The number of nitrogens with zero attached hydrogens (tertiary/aromatic N) is 2. The zero-order chi connectivity index (χ0) is 23.8. The van der Waals surface area contributed by atoms with Gasteiger partial charge in [0.1, 0.15) is 11.4 Å². The number of aryl methyl sites for hydroxylation is 1. The van der Waals surface area contributed by atoms with Crippen molar-refractivity contribution in [3.63, 3.8) is 0 Å². The van der Waals surface area contributed by atoms with Crippen LogP contribution < -0.4 is 4.74 Å².